The molecule has 20 heavy (non-hydrogen) atoms. The van der Waals surface area contributed by atoms with Crippen molar-refractivity contribution in [1.82, 2.24) is 9.78 Å². The summed E-state index contributed by atoms with van der Waals surface area (Å²) in [4.78, 5) is 14.3. The van der Waals surface area contributed by atoms with Crippen molar-refractivity contribution in [2.45, 2.75) is 19.9 Å². The average molecular weight is 345 g/mol. The van der Waals surface area contributed by atoms with E-state index in [-0.39, 0.29) is 18.7 Å². The molecule has 0 bridgehead atoms. The first-order valence-corrected chi connectivity index (χ1v) is 7.69. The van der Waals surface area contributed by atoms with Crippen LogP contribution in [-0.2, 0) is 6.54 Å². The van der Waals surface area contributed by atoms with E-state index >= 15 is 0 Å². The normalized spacial score (nSPS) is 23.1. The number of nitrogens with two attached hydrogens (primary N) is 1. The maximum atomic E-state index is 12.1. The van der Waals surface area contributed by atoms with Crippen molar-refractivity contribution in [3.63, 3.8) is 0 Å². The van der Waals surface area contributed by atoms with Crippen LogP contribution in [0.1, 0.15) is 13.3 Å². The fourth-order valence-electron chi connectivity index (χ4n) is 2.61. The van der Waals surface area contributed by atoms with E-state index in [0.717, 1.165) is 25.2 Å². The van der Waals surface area contributed by atoms with E-state index in [9.17, 15) is 4.79 Å². The van der Waals surface area contributed by atoms with Gasteiger partial charge in [-0.2, -0.15) is 5.10 Å². The second-order valence-electron chi connectivity index (χ2n) is 5.30. The van der Waals surface area contributed by atoms with Crippen LogP contribution < -0.4 is 16.2 Å². The Balaban J connectivity index is 2.25. The molecule has 0 saturated carbocycles. The van der Waals surface area contributed by atoms with Gasteiger partial charge in [-0.15, -0.1) is 0 Å². The topological polar surface area (TPSA) is 84.4 Å². The number of aromatic nitrogens is 2. The van der Waals surface area contributed by atoms with Crippen molar-refractivity contribution in [3.8, 4) is 0 Å². The Morgan fingerprint density at radius 1 is 1.60 bits per heavy atom. The third kappa shape index (κ3) is 3.05. The number of hydrogen-bond acceptors (Lipinski definition) is 5. The molecule has 1 fully saturated rings. The monoisotopic (exact) mass is 344 g/mol. The molecule has 3 N–H and O–H groups in total. The molecule has 0 aliphatic carbocycles. The van der Waals surface area contributed by atoms with E-state index in [4.69, 9.17) is 10.8 Å². The average Bonchev–Trinajstić information content (AvgIpc) is 2.45. The first-order chi connectivity index (χ1) is 9.58. The number of rotatable bonds is 4. The van der Waals surface area contributed by atoms with Crippen LogP contribution in [0.5, 0.6) is 0 Å². The molecule has 0 amide bonds. The zero-order valence-corrected chi connectivity index (χ0v) is 13.2. The Bertz CT molecular complexity index is 520. The third-order valence-electron chi connectivity index (χ3n) is 4.04. The van der Waals surface area contributed by atoms with Gasteiger partial charge >= 0.3 is 0 Å². The Hall–Kier alpha value is -0.920. The molecule has 0 spiro atoms. The van der Waals surface area contributed by atoms with Crippen LogP contribution >= 0.6 is 15.9 Å². The van der Waals surface area contributed by atoms with Gasteiger partial charge in [-0.3, -0.25) is 4.79 Å². The molecule has 2 atom stereocenters. The lowest BCUT2D eigenvalue weighted by Gasteiger charge is -2.38. The summed E-state index contributed by atoms with van der Waals surface area (Å²) in [6.45, 7) is 4.74. The summed E-state index contributed by atoms with van der Waals surface area (Å²) in [5.74, 6) is 1.05. The Morgan fingerprint density at radius 3 is 3.00 bits per heavy atom. The minimum atomic E-state index is -0.209. The van der Waals surface area contributed by atoms with Crippen molar-refractivity contribution in [1.29, 1.82) is 0 Å². The van der Waals surface area contributed by atoms with Gasteiger partial charge in [-0.25, -0.2) is 4.68 Å². The van der Waals surface area contributed by atoms with Crippen molar-refractivity contribution >= 4 is 21.6 Å². The largest absolute Gasteiger partial charge is 0.394 e. The molecular formula is C13H21BrN4O2. The summed E-state index contributed by atoms with van der Waals surface area (Å²) in [6, 6.07) is 0. The smallest absolute Gasteiger partial charge is 0.283 e. The number of hydrogen-bond donors (Lipinski definition) is 2. The van der Waals surface area contributed by atoms with Gasteiger partial charge in [0.25, 0.3) is 5.56 Å². The van der Waals surface area contributed by atoms with Gasteiger partial charge in [-0.1, -0.05) is 6.92 Å². The Kier molecular flexibility index (Phi) is 5.17. The van der Waals surface area contributed by atoms with Gasteiger partial charge in [0.2, 0.25) is 0 Å². The molecule has 112 valence electrons. The number of halogens is 1. The lowest BCUT2D eigenvalue weighted by Crippen LogP contribution is -2.43. The summed E-state index contributed by atoms with van der Waals surface area (Å²) in [5.41, 5.74) is 6.42. The van der Waals surface area contributed by atoms with Crippen LogP contribution in [0.2, 0.25) is 0 Å². The van der Waals surface area contributed by atoms with E-state index in [2.05, 4.69) is 32.9 Å². The van der Waals surface area contributed by atoms with Gasteiger partial charge in [0, 0.05) is 13.1 Å². The van der Waals surface area contributed by atoms with E-state index in [1.165, 1.54) is 4.68 Å². The summed E-state index contributed by atoms with van der Waals surface area (Å²) < 4.78 is 1.77. The molecular weight excluding hydrogens is 324 g/mol. The highest BCUT2D eigenvalue weighted by atomic mass is 79.9. The molecule has 0 aromatic carbocycles. The highest BCUT2D eigenvalue weighted by Crippen LogP contribution is 2.29. The molecule has 2 heterocycles. The second kappa shape index (κ2) is 6.69. The van der Waals surface area contributed by atoms with Crippen molar-refractivity contribution in [3.05, 3.63) is 21.0 Å². The lowest BCUT2D eigenvalue weighted by atomic mass is 9.87. The van der Waals surface area contributed by atoms with Gasteiger partial charge < -0.3 is 15.7 Å². The highest BCUT2D eigenvalue weighted by Gasteiger charge is 2.27. The predicted octanol–water partition coefficient (Wildman–Crippen LogP) is 0.419. The highest BCUT2D eigenvalue weighted by molar-refractivity contribution is 9.10. The first kappa shape index (κ1) is 15.5. The molecule has 1 aliphatic heterocycles. The lowest BCUT2D eigenvalue weighted by molar-refractivity contribution is 0.265. The van der Waals surface area contributed by atoms with Crippen LogP contribution in [-0.4, -0.2) is 41.1 Å². The van der Waals surface area contributed by atoms with Crippen LogP contribution in [0.25, 0.3) is 0 Å². The first-order valence-electron chi connectivity index (χ1n) is 6.90. The summed E-state index contributed by atoms with van der Waals surface area (Å²) in [7, 11) is 0. The van der Waals surface area contributed by atoms with Gasteiger partial charge in [0.05, 0.1) is 25.0 Å². The molecule has 1 saturated heterocycles. The minimum Gasteiger partial charge on any atom is -0.394 e. The van der Waals surface area contributed by atoms with Gasteiger partial charge in [-0.05, 0) is 40.7 Å². The second-order valence-corrected chi connectivity index (χ2v) is 6.10. The number of nitrogens with zero attached hydrogens (tertiary/aromatic N) is 3. The molecule has 1 aromatic rings. The minimum absolute atomic E-state index is 0.102. The molecule has 7 heteroatoms. The predicted molar refractivity (Wildman–Crippen MR) is 81.8 cm³/mol. The Morgan fingerprint density at radius 2 is 2.35 bits per heavy atom. The van der Waals surface area contributed by atoms with Crippen LogP contribution in [0.3, 0.4) is 0 Å². The SMILES string of the molecule is CC1CCN(c2cnn(CCO)c(=O)c2Br)CC1CN. The molecule has 0 radical (unpaired) electrons. The molecule has 1 aromatic heterocycles. The van der Waals surface area contributed by atoms with Crippen molar-refractivity contribution < 1.29 is 5.11 Å². The number of aliphatic hydroxyl groups excluding tert-OH is 1. The maximum Gasteiger partial charge on any atom is 0.283 e. The molecule has 2 rings (SSSR count). The van der Waals surface area contributed by atoms with Gasteiger partial charge in [0.1, 0.15) is 4.47 Å². The fraction of sp³-hybridized carbons (Fsp3) is 0.692. The van der Waals surface area contributed by atoms with E-state index in [1.54, 1.807) is 6.20 Å². The summed E-state index contributed by atoms with van der Waals surface area (Å²) >= 11 is 3.37. The van der Waals surface area contributed by atoms with Crippen LogP contribution in [0.4, 0.5) is 5.69 Å². The number of piperidine rings is 1. The standard InChI is InChI=1S/C13H21BrN4O2/c1-9-2-3-17(8-10(9)6-15)11-7-16-18(4-5-19)13(20)12(11)14/h7,9-10,19H,2-6,8,15H2,1H3. The summed E-state index contributed by atoms with van der Waals surface area (Å²) in [5, 5.41) is 13.0. The molecule has 2 unspecified atom stereocenters. The zero-order chi connectivity index (χ0) is 14.7. The Labute approximate surface area is 126 Å². The maximum absolute atomic E-state index is 12.1. The quantitative estimate of drug-likeness (QED) is 0.826. The third-order valence-corrected chi connectivity index (χ3v) is 4.78. The molecule has 1 aliphatic rings. The van der Waals surface area contributed by atoms with Crippen LogP contribution in [0.15, 0.2) is 15.5 Å². The van der Waals surface area contributed by atoms with E-state index < -0.39 is 0 Å². The van der Waals surface area contributed by atoms with Crippen LogP contribution in [0, 0.1) is 11.8 Å². The van der Waals surface area contributed by atoms with E-state index in [0.29, 0.717) is 22.9 Å². The van der Waals surface area contributed by atoms with Crippen molar-refractivity contribution in [2.24, 2.45) is 17.6 Å². The van der Waals surface area contributed by atoms with Gasteiger partial charge in [0.15, 0.2) is 0 Å². The summed E-state index contributed by atoms with van der Waals surface area (Å²) in [6.07, 6.45) is 2.75. The van der Waals surface area contributed by atoms with Crippen molar-refractivity contribution in [2.75, 3.05) is 31.1 Å². The number of anilines is 1. The fourth-order valence-corrected chi connectivity index (χ4v) is 3.16. The number of aliphatic hydroxyl groups is 1. The zero-order valence-electron chi connectivity index (χ0n) is 11.6. The molecule has 6 nitrogen and oxygen atoms in total. The van der Waals surface area contributed by atoms with E-state index in [1.807, 2.05) is 0 Å².